The third-order valence-corrected chi connectivity index (χ3v) is 2.76. The van der Waals surface area contributed by atoms with E-state index in [1.165, 1.54) is 0 Å². The Morgan fingerprint density at radius 1 is 1.42 bits per heavy atom. The van der Waals surface area contributed by atoms with Crippen LogP contribution in [0.15, 0.2) is 6.07 Å². The fraction of sp³-hybridized carbons (Fsp3) is 0.615. The number of nitrogens with zero attached hydrogens (tertiary/aromatic N) is 2. The third kappa shape index (κ3) is 5.54. The molecule has 0 spiro atoms. The molecule has 19 heavy (non-hydrogen) atoms. The maximum absolute atomic E-state index is 11.6. The summed E-state index contributed by atoms with van der Waals surface area (Å²) in [5, 5.41) is 8.96. The van der Waals surface area contributed by atoms with Gasteiger partial charge in [-0.2, -0.15) is 4.98 Å². The van der Waals surface area contributed by atoms with Crippen LogP contribution in [-0.4, -0.2) is 35.5 Å². The van der Waals surface area contributed by atoms with Crippen molar-refractivity contribution >= 4 is 17.7 Å². The predicted molar refractivity (Wildman–Crippen MR) is 77.3 cm³/mol. The van der Waals surface area contributed by atoms with Crippen LogP contribution in [0.1, 0.15) is 32.4 Å². The topological polar surface area (TPSA) is 78.9 Å². The Kier molecular flexibility index (Phi) is 6.05. The molecule has 0 aliphatic heterocycles. The van der Waals surface area contributed by atoms with E-state index in [9.17, 15) is 4.79 Å². The molecule has 1 atom stereocenters. The molecular weight excluding hydrogens is 242 g/mol. The SMILES string of the molecule is CCC(C)NC(=O)CCNc1cc(C)nc(NC)n1. The first kappa shape index (κ1) is 15.2. The minimum absolute atomic E-state index is 0.0569. The molecule has 3 N–H and O–H groups in total. The fourth-order valence-corrected chi connectivity index (χ4v) is 1.52. The van der Waals surface area contributed by atoms with Gasteiger partial charge in [-0.05, 0) is 20.3 Å². The molecule has 0 saturated heterocycles. The highest BCUT2D eigenvalue weighted by atomic mass is 16.1. The summed E-state index contributed by atoms with van der Waals surface area (Å²) in [7, 11) is 1.78. The van der Waals surface area contributed by atoms with Crippen LogP contribution in [0.3, 0.4) is 0 Å². The minimum atomic E-state index is 0.0569. The van der Waals surface area contributed by atoms with Gasteiger partial charge in [-0.15, -0.1) is 0 Å². The van der Waals surface area contributed by atoms with Crippen molar-refractivity contribution in [2.24, 2.45) is 0 Å². The highest BCUT2D eigenvalue weighted by molar-refractivity contribution is 5.76. The van der Waals surface area contributed by atoms with Gasteiger partial charge in [-0.3, -0.25) is 4.79 Å². The van der Waals surface area contributed by atoms with Gasteiger partial charge in [0.05, 0.1) is 0 Å². The van der Waals surface area contributed by atoms with Gasteiger partial charge in [-0.25, -0.2) is 4.98 Å². The van der Waals surface area contributed by atoms with Gasteiger partial charge < -0.3 is 16.0 Å². The lowest BCUT2D eigenvalue weighted by Gasteiger charge is -2.12. The van der Waals surface area contributed by atoms with Gasteiger partial charge in [0.1, 0.15) is 5.82 Å². The Morgan fingerprint density at radius 3 is 2.79 bits per heavy atom. The number of nitrogens with one attached hydrogen (secondary N) is 3. The number of amides is 1. The Labute approximate surface area is 114 Å². The minimum Gasteiger partial charge on any atom is -0.369 e. The van der Waals surface area contributed by atoms with Crippen molar-refractivity contribution < 1.29 is 4.79 Å². The number of hydrogen-bond donors (Lipinski definition) is 3. The summed E-state index contributed by atoms with van der Waals surface area (Å²) in [6, 6.07) is 2.08. The Balaban J connectivity index is 2.40. The summed E-state index contributed by atoms with van der Waals surface area (Å²) in [6.07, 6.45) is 1.37. The Hall–Kier alpha value is -1.85. The number of aryl methyl sites for hydroxylation is 1. The second kappa shape index (κ2) is 7.56. The average molecular weight is 265 g/mol. The van der Waals surface area contributed by atoms with Crippen LogP contribution in [0.5, 0.6) is 0 Å². The monoisotopic (exact) mass is 265 g/mol. The smallest absolute Gasteiger partial charge is 0.224 e. The molecule has 106 valence electrons. The predicted octanol–water partition coefficient (Wildman–Crippen LogP) is 1.54. The average Bonchev–Trinajstić information content (AvgIpc) is 2.37. The van der Waals surface area contributed by atoms with E-state index in [0.717, 1.165) is 17.9 Å². The van der Waals surface area contributed by atoms with Crippen molar-refractivity contribution in [1.82, 2.24) is 15.3 Å². The second-order valence-electron chi connectivity index (χ2n) is 4.52. The van der Waals surface area contributed by atoms with Crippen molar-refractivity contribution in [1.29, 1.82) is 0 Å². The zero-order valence-electron chi connectivity index (χ0n) is 12.1. The summed E-state index contributed by atoms with van der Waals surface area (Å²) in [4.78, 5) is 20.1. The Morgan fingerprint density at radius 2 is 2.16 bits per heavy atom. The molecule has 6 nitrogen and oxygen atoms in total. The summed E-state index contributed by atoms with van der Waals surface area (Å²) >= 11 is 0. The molecule has 0 radical (unpaired) electrons. The molecule has 1 aromatic rings. The fourth-order valence-electron chi connectivity index (χ4n) is 1.52. The van der Waals surface area contributed by atoms with Gasteiger partial charge in [0.2, 0.25) is 11.9 Å². The molecule has 1 amide bonds. The normalized spacial score (nSPS) is 11.8. The van der Waals surface area contributed by atoms with E-state index in [1.807, 2.05) is 26.8 Å². The first-order valence-corrected chi connectivity index (χ1v) is 6.61. The highest BCUT2D eigenvalue weighted by Gasteiger charge is 2.05. The van der Waals surface area contributed by atoms with Crippen LogP contribution in [0.25, 0.3) is 0 Å². The van der Waals surface area contributed by atoms with E-state index in [4.69, 9.17) is 0 Å². The van der Waals surface area contributed by atoms with Crippen LogP contribution < -0.4 is 16.0 Å². The molecular formula is C13H23N5O. The van der Waals surface area contributed by atoms with Crippen molar-refractivity contribution in [3.63, 3.8) is 0 Å². The van der Waals surface area contributed by atoms with E-state index in [2.05, 4.69) is 25.9 Å². The number of anilines is 2. The summed E-state index contributed by atoms with van der Waals surface area (Å²) in [6.45, 7) is 6.51. The molecule has 1 heterocycles. The zero-order valence-corrected chi connectivity index (χ0v) is 12.1. The van der Waals surface area contributed by atoms with Crippen LogP contribution in [0.2, 0.25) is 0 Å². The van der Waals surface area contributed by atoms with Crippen molar-refractivity contribution in [3.8, 4) is 0 Å². The Bertz CT molecular complexity index is 421. The van der Waals surface area contributed by atoms with E-state index in [-0.39, 0.29) is 11.9 Å². The molecule has 6 heteroatoms. The number of aromatic nitrogens is 2. The van der Waals surface area contributed by atoms with Gasteiger partial charge in [0, 0.05) is 37.8 Å². The standard InChI is InChI=1S/C13H23N5O/c1-5-9(2)16-12(19)6-7-15-11-8-10(3)17-13(14-4)18-11/h8-9H,5-7H2,1-4H3,(H,16,19)(H2,14,15,17,18). The molecule has 0 saturated carbocycles. The highest BCUT2D eigenvalue weighted by Crippen LogP contribution is 2.08. The lowest BCUT2D eigenvalue weighted by atomic mass is 10.2. The second-order valence-corrected chi connectivity index (χ2v) is 4.52. The first-order chi connectivity index (χ1) is 9.05. The van der Waals surface area contributed by atoms with Crippen LogP contribution >= 0.6 is 0 Å². The maximum atomic E-state index is 11.6. The van der Waals surface area contributed by atoms with Crippen LogP contribution in [0.4, 0.5) is 11.8 Å². The lowest BCUT2D eigenvalue weighted by Crippen LogP contribution is -2.33. The van der Waals surface area contributed by atoms with Crippen molar-refractivity contribution in [2.75, 3.05) is 24.2 Å². The molecule has 0 aliphatic carbocycles. The quantitative estimate of drug-likeness (QED) is 0.697. The van der Waals surface area contributed by atoms with E-state index in [0.29, 0.717) is 18.9 Å². The third-order valence-electron chi connectivity index (χ3n) is 2.76. The van der Waals surface area contributed by atoms with E-state index in [1.54, 1.807) is 7.05 Å². The molecule has 0 fully saturated rings. The first-order valence-electron chi connectivity index (χ1n) is 6.61. The van der Waals surface area contributed by atoms with E-state index < -0.39 is 0 Å². The number of hydrogen-bond acceptors (Lipinski definition) is 5. The lowest BCUT2D eigenvalue weighted by molar-refractivity contribution is -0.121. The van der Waals surface area contributed by atoms with Crippen LogP contribution in [-0.2, 0) is 4.79 Å². The summed E-state index contributed by atoms with van der Waals surface area (Å²) < 4.78 is 0. The van der Waals surface area contributed by atoms with E-state index >= 15 is 0 Å². The largest absolute Gasteiger partial charge is 0.369 e. The number of rotatable bonds is 7. The van der Waals surface area contributed by atoms with Crippen molar-refractivity contribution in [2.45, 2.75) is 39.7 Å². The molecule has 1 unspecified atom stereocenters. The molecule has 0 aromatic carbocycles. The van der Waals surface area contributed by atoms with Gasteiger partial charge in [0.15, 0.2) is 0 Å². The van der Waals surface area contributed by atoms with Crippen LogP contribution in [0, 0.1) is 6.92 Å². The number of carbonyl (C=O) groups is 1. The summed E-state index contributed by atoms with van der Waals surface area (Å²) in [5.74, 6) is 1.36. The van der Waals surface area contributed by atoms with Gasteiger partial charge >= 0.3 is 0 Å². The van der Waals surface area contributed by atoms with Crippen molar-refractivity contribution in [3.05, 3.63) is 11.8 Å². The summed E-state index contributed by atoms with van der Waals surface area (Å²) in [5.41, 5.74) is 0.880. The molecule has 1 aromatic heterocycles. The molecule has 0 aliphatic rings. The maximum Gasteiger partial charge on any atom is 0.224 e. The zero-order chi connectivity index (χ0) is 14.3. The molecule has 1 rings (SSSR count). The van der Waals surface area contributed by atoms with Gasteiger partial charge in [0.25, 0.3) is 0 Å². The number of carbonyl (C=O) groups excluding carboxylic acids is 1. The molecule has 0 bridgehead atoms. The van der Waals surface area contributed by atoms with Gasteiger partial charge in [-0.1, -0.05) is 6.92 Å².